The van der Waals surface area contributed by atoms with Crippen LogP contribution in [0.25, 0.3) is 0 Å². The van der Waals surface area contributed by atoms with Crippen LogP contribution in [0.15, 0.2) is 91.0 Å². The first kappa shape index (κ1) is 18.6. The summed E-state index contributed by atoms with van der Waals surface area (Å²) in [6.45, 7) is 7.09. The maximum atomic E-state index is 2.86. The molecule has 0 saturated carbocycles. The Bertz CT molecular complexity index is 721. The predicted octanol–water partition coefficient (Wildman–Crippen LogP) is 5.91. The monoisotopic (exact) mass is 460 g/mol. The van der Waals surface area contributed by atoms with Gasteiger partial charge in [0.25, 0.3) is 0 Å². The van der Waals surface area contributed by atoms with Crippen molar-refractivity contribution < 1.29 is 0 Å². The molecule has 0 aliphatic heterocycles. The standard InChI is InChI=1S/C23H26IP/c1-23(2,3)19-25(24,20-13-7-4-8-14-20,21-15-9-5-10-16-21)22-17-11-6-12-18-22/h4-18H,19H2,1-3H3. The molecule has 0 unspecified atom stereocenters. The molecule has 0 heterocycles. The molecule has 0 saturated heterocycles. The van der Waals surface area contributed by atoms with Gasteiger partial charge in [0.1, 0.15) is 0 Å². The summed E-state index contributed by atoms with van der Waals surface area (Å²) in [6, 6.07) is 33.4. The van der Waals surface area contributed by atoms with E-state index in [9.17, 15) is 0 Å². The van der Waals surface area contributed by atoms with E-state index in [-0.39, 0.29) is 5.41 Å². The van der Waals surface area contributed by atoms with Crippen LogP contribution in [0.2, 0.25) is 0 Å². The molecule has 0 radical (unpaired) electrons. The summed E-state index contributed by atoms with van der Waals surface area (Å²) in [5, 5.41) is 4.38. The number of rotatable bonds is 4. The van der Waals surface area contributed by atoms with Gasteiger partial charge in [-0.3, -0.25) is 0 Å². The second-order valence-electron chi connectivity index (χ2n) is 7.91. The summed E-state index contributed by atoms with van der Waals surface area (Å²) >= 11 is 2.86. The third-order valence-corrected chi connectivity index (χ3v) is 16.4. The van der Waals surface area contributed by atoms with Gasteiger partial charge in [-0.1, -0.05) is 0 Å². The van der Waals surface area contributed by atoms with Crippen LogP contribution in [0.1, 0.15) is 20.8 Å². The summed E-state index contributed by atoms with van der Waals surface area (Å²) in [6.07, 6.45) is 1.14. The Labute approximate surface area is 165 Å². The minimum atomic E-state index is -2.60. The zero-order valence-electron chi connectivity index (χ0n) is 15.2. The fourth-order valence-electron chi connectivity index (χ4n) is 3.83. The summed E-state index contributed by atoms with van der Waals surface area (Å²) < 4.78 is -2.60. The summed E-state index contributed by atoms with van der Waals surface area (Å²) in [5.74, 6) is 0. The van der Waals surface area contributed by atoms with Gasteiger partial charge < -0.3 is 0 Å². The number of halogens is 1. The Kier molecular flexibility index (Phi) is 5.10. The van der Waals surface area contributed by atoms with Crippen molar-refractivity contribution in [2.24, 2.45) is 5.41 Å². The van der Waals surface area contributed by atoms with Gasteiger partial charge in [0, 0.05) is 0 Å². The molecule has 3 rings (SSSR count). The molecule has 0 aliphatic rings. The molecule has 0 aromatic heterocycles. The first-order valence-corrected chi connectivity index (χ1v) is 13.9. The van der Waals surface area contributed by atoms with Crippen LogP contribution in [0.3, 0.4) is 0 Å². The van der Waals surface area contributed by atoms with Crippen LogP contribution >= 0.6 is 26.3 Å². The van der Waals surface area contributed by atoms with E-state index in [4.69, 9.17) is 0 Å². The Morgan fingerprint density at radius 1 is 0.600 bits per heavy atom. The third-order valence-electron chi connectivity index (χ3n) is 4.65. The summed E-state index contributed by atoms with van der Waals surface area (Å²) in [4.78, 5) is 0. The van der Waals surface area contributed by atoms with Crippen molar-refractivity contribution in [2.75, 3.05) is 6.16 Å². The van der Waals surface area contributed by atoms with Crippen molar-refractivity contribution >= 4 is 42.2 Å². The van der Waals surface area contributed by atoms with Crippen LogP contribution in [-0.4, -0.2) is 6.16 Å². The minimum absolute atomic E-state index is 0.209. The van der Waals surface area contributed by atoms with Gasteiger partial charge in [-0.05, 0) is 0 Å². The first-order valence-electron chi connectivity index (χ1n) is 8.74. The molecule has 0 fully saturated rings. The van der Waals surface area contributed by atoms with E-state index in [0.717, 1.165) is 6.16 Å². The second kappa shape index (κ2) is 6.85. The van der Waals surface area contributed by atoms with Gasteiger partial charge in [-0.2, -0.15) is 0 Å². The van der Waals surface area contributed by atoms with E-state index >= 15 is 0 Å². The van der Waals surface area contributed by atoms with Gasteiger partial charge in [-0.15, -0.1) is 0 Å². The van der Waals surface area contributed by atoms with Crippen molar-refractivity contribution in [3.05, 3.63) is 91.0 Å². The van der Waals surface area contributed by atoms with Crippen molar-refractivity contribution in [3.8, 4) is 0 Å². The van der Waals surface area contributed by atoms with E-state index in [0.29, 0.717) is 0 Å². The summed E-state index contributed by atoms with van der Waals surface area (Å²) in [5.41, 5.74) is 0.209. The van der Waals surface area contributed by atoms with Gasteiger partial charge >= 0.3 is 166 Å². The molecular weight excluding hydrogens is 434 g/mol. The van der Waals surface area contributed by atoms with Crippen molar-refractivity contribution in [1.29, 1.82) is 0 Å². The normalized spacial score (nSPS) is 13.8. The first-order chi connectivity index (χ1) is 11.8. The van der Waals surface area contributed by atoms with Crippen LogP contribution in [0.4, 0.5) is 0 Å². The molecule has 0 spiro atoms. The van der Waals surface area contributed by atoms with Crippen molar-refractivity contribution in [2.45, 2.75) is 20.8 Å². The van der Waals surface area contributed by atoms with Crippen LogP contribution in [0, 0.1) is 5.41 Å². The van der Waals surface area contributed by atoms with E-state index in [1.165, 1.54) is 15.9 Å². The van der Waals surface area contributed by atoms with E-state index < -0.39 is 4.25 Å². The van der Waals surface area contributed by atoms with E-state index in [1.54, 1.807) is 0 Å². The van der Waals surface area contributed by atoms with Gasteiger partial charge in [0.15, 0.2) is 0 Å². The zero-order chi connectivity index (χ0) is 18.0. The molecule has 0 atom stereocenters. The molecular formula is C23H26IP. The topological polar surface area (TPSA) is 0 Å². The molecule has 130 valence electrons. The second-order valence-corrected chi connectivity index (χ2v) is 18.5. The molecule has 0 nitrogen and oxygen atoms in total. The maximum absolute atomic E-state index is 2.86. The van der Waals surface area contributed by atoms with Crippen LogP contribution < -0.4 is 15.9 Å². The Balaban J connectivity index is 2.45. The number of hydrogen-bond donors (Lipinski definition) is 0. The average Bonchev–Trinajstić information content (AvgIpc) is 2.63. The molecule has 0 aliphatic carbocycles. The van der Waals surface area contributed by atoms with Crippen LogP contribution in [-0.2, 0) is 0 Å². The number of benzene rings is 3. The third kappa shape index (κ3) is 3.41. The average molecular weight is 460 g/mol. The summed E-state index contributed by atoms with van der Waals surface area (Å²) in [7, 11) is 0. The molecule has 0 bridgehead atoms. The Morgan fingerprint density at radius 3 is 1.12 bits per heavy atom. The fraction of sp³-hybridized carbons (Fsp3) is 0.217. The quantitative estimate of drug-likeness (QED) is 0.335. The molecule has 0 amide bonds. The molecule has 0 N–H and O–H groups in total. The van der Waals surface area contributed by atoms with E-state index in [2.05, 4.69) is 134 Å². The van der Waals surface area contributed by atoms with Crippen molar-refractivity contribution in [3.63, 3.8) is 0 Å². The van der Waals surface area contributed by atoms with Crippen molar-refractivity contribution in [1.82, 2.24) is 0 Å². The predicted molar refractivity (Wildman–Crippen MR) is 123 cm³/mol. The van der Waals surface area contributed by atoms with Gasteiger partial charge in [-0.25, -0.2) is 0 Å². The Hall–Kier alpha value is -1.18. The number of hydrogen-bond acceptors (Lipinski definition) is 0. The Morgan fingerprint density at radius 2 is 0.880 bits per heavy atom. The van der Waals surface area contributed by atoms with Gasteiger partial charge in [0.2, 0.25) is 0 Å². The molecule has 3 aromatic carbocycles. The molecule has 3 aromatic rings. The SMILES string of the molecule is CC(C)(C)CP(I)(c1ccccc1)(c1ccccc1)c1ccccc1. The van der Waals surface area contributed by atoms with Gasteiger partial charge in [0.05, 0.1) is 0 Å². The fourth-order valence-corrected chi connectivity index (χ4v) is 15.4. The van der Waals surface area contributed by atoms with E-state index in [1.807, 2.05) is 0 Å². The molecule has 25 heavy (non-hydrogen) atoms. The molecule has 2 heteroatoms. The van der Waals surface area contributed by atoms with Crippen LogP contribution in [0.5, 0.6) is 0 Å². The zero-order valence-corrected chi connectivity index (χ0v) is 18.2.